The maximum Gasteiger partial charge on any atom is 0.128 e. The van der Waals surface area contributed by atoms with Crippen molar-refractivity contribution >= 4 is 0 Å². The van der Waals surface area contributed by atoms with Crippen molar-refractivity contribution in [3.63, 3.8) is 0 Å². The molecule has 112 valence electrons. The molecule has 2 nitrogen and oxygen atoms in total. The van der Waals surface area contributed by atoms with Gasteiger partial charge in [0, 0.05) is 17.5 Å². The Morgan fingerprint density at radius 1 is 1.19 bits per heavy atom. The highest BCUT2D eigenvalue weighted by Crippen LogP contribution is 2.28. The third-order valence-corrected chi connectivity index (χ3v) is 3.64. The first-order chi connectivity index (χ1) is 10.0. The van der Waals surface area contributed by atoms with Gasteiger partial charge in [-0.05, 0) is 62.6 Å². The minimum Gasteiger partial charge on any atom is -0.306 e. The molecule has 1 heterocycles. The lowest BCUT2D eigenvalue weighted by Crippen LogP contribution is -2.25. The van der Waals surface area contributed by atoms with Crippen LogP contribution in [0.5, 0.6) is 0 Å². The number of nitrogens with zero attached hydrogens (tertiary/aromatic N) is 1. The summed E-state index contributed by atoms with van der Waals surface area (Å²) in [6.07, 6.45) is 2.84. The maximum absolute atomic E-state index is 14.5. The SMILES string of the molecule is CCCNC(c1ccc(C)nc1)c1c(C)cc(C)cc1F. The zero-order chi connectivity index (χ0) is 15.4. The molecule has 1 atom stereocenters. The molecule has 1 N–H and O–H groups in total. The third kappa shape index (κ3) is 3.67. The van der Waals surface area contributed by atoms with Crippen molar-refractivity contribution in [2.75, 3.05) is 6.54 Å². The zero-order valence-electron chi connectivity index (χ0n) is 13.2. The van der Waals surface area contributed by atoms with Crippen LogP contribution >= 0.6 is 0 Å². The highest BCUT2D eigenvalue weighted by molar-refractivity contribution is 5.39. The van der Waals surface area contributed by atoms with Crippen LogP contribution in [0.1, 0.15) is 47.3 Å². The molecule has 3 heteroatoms. The number of benzene rings is 1. The van der Waals surface area contributed by atoms with Crippen LogP contribution < -0.4 is 5.32 Å². The summed E-state index contributed by atoms with van der Waals surface area (Å²) in [4.78, 5) is 4.35. The van der Waals surface area contributed by atoms with Gasteiger partial charge in [-0.1, -0.05) is 19.1 Å². The summed E-state index contributed by atoms with van der Waals surface area (Å²) in [5.74, 6) is -0.151. The van der Waals surface area contributed by atoms with Crippen LogP contribution in [0.2, 0.25) is 0 Å². The smallest absolute Gasteiger partial charge is 0.128 e. The molecule has 2 aromatic rings. The molecule has 0 saturated carbocycles. The standard InChI is InChI=1S/C18H23FN2/c1-5-8-20-18(15-7-6-14(4)21-11-15)17-13(3)9-12(2)10-16(17)19/h6-7,9-11,18,20H,5,8H2,1-4H3. The summed E-state index contributed by atoms with van der Waals surface area (Å²) < 4.78 is 14.5. The van der Waals surface area contributed by atoms with Crippen molar-refractivity contribution < 1.29 is 4.39 Å². The Balaban J connectivity index is 2.47. The van der Waals surface area contributed by atoms with E-state index >= 15 is 0 Å². The van der Waals surface area contributed by atoms with Gasteiger partial charge in [-0.25, -0.2) is 4.39 Å². The second-order valence-electron chi connectivity index (χ2n) is 5.60. The summed E-state index contributed by atoms with van der Waals surface area (Å²) in [5.41, 5.74) is 4.61. The van der Waals surface area contributed by atoms with Gasteiger partial charge in [0.1, 0.15) is 5.82 Å². The fourth-order valence-corrected chi connectivity index (χ4v) is 2.62. The molecule has 1 aromatic carbocycles. The Labute approximate surface area is 126 Å². The van der Waals surface area contributed by atoms with E-state index in [9.17, 15) is 4.39 Å². The third-order valence-electron chi connectivity index (χ3n) is 3.64. The van der Waals surface area contributed by atoms with Crippen molar-refractivity contribution in [1.29, 1.82) is 0 Å². The first kappa shape index (κ1) is 15.6. The van der Waals surface area contributed by atoms with Crippen LogP contribution in [0, 0.1) is 26.6 Å². The molecule has 0 aliphatic carbocycles. The lowest BCUT2D eigenvalue weighted by Gasteiger charge is -2.22. The monoisotopic (exact) mass is 286 g/mol. The largest absolute Gasteiger partial charge is 0.306 e. The number of aryl methyl sites for hydroxylation is 3. The Kier molecular flexibility index (Phi) is 5.07. The quantitative estimate of drug-likeness (QED) is 0.889. The number of nitrogens with one attached hydrogen (secondary N) is 1. The Morgan fingerprint density at radius 2 is 1.95 bits per heavy atom. The van der Waals surface area contributed by atoms with Gasteiger partial charge in [-0.15, -0.1) is 0 Å². The summed E-state index contributed by atoms with van der Waals surface area (Å²) in [6.45, 7) is 8.78. The normalized spacial score (nSPS) is 12.4. The first-order valence-electron chi connectivity index (χ1n) is 7.45. The molecule has 0 fully saturated rings. The van der Waals surface area contributed by atoms with E-state index < -0.39 is 0 Å². The Bertz CT molecular complexity index is 582. The molecule has 0 aliphatic heterocycles. The predicted octanol–water partition coefficient (Wildman–Crippen LogP) is 4.23. The number of aromatic nitrogens is 1. The molecule has 0 aliphatic rings. The van der Waals surface area contributed by atoms with Gasteiger partial charge in [0.25, 0.3) is 0 Å². The van der Waals surface area contributed by atoms with Crippen molar-refractivity contribution in [2.24, 2.45) is 0 Å². The molecular formula is C18H23FN2. The summed E-state index contributed by atoms with van der Waals surface area (Å²) in [6, 6.07) is 7.47. The predicted molar refractivity (Wildman–Crippen MR) is 85.0 cm³/mol. The fourth-order valence-electron chi connectivity index (χ4n) is 2.62. The van der Waals surface area contributed by atoms with Gasteiger partial charge in [0.05, 0.1) is 6.04 Å². The van der Waals surface area contributed by atoms with Crippen LogP contribution in [-0.2, 0) is 0 Å². The van der Waals surface area contributed by atoms with E-state index in [1.54, 1.807) is 6.07 Å². The Hall–Kier alpha value is -1.74. The summed E-state index contributed by atoms with van der Waals surface area (Å²) >= 11 is 0. The van der Waals surface area contributed by atoms with Gasteiger partial charge < -0.3 is 5.32 Å². The van der Waals surface area contributed by atoms with Crippen LogP contribution in [0.25, 0.3) is 0 Å². The summed E-state index contributed by atoms with van der Waals surface area (Å²) in [5, 5.41) is 3.44. The second-order valence-corrected chi connectivity index (χ2v) is 5.60. The average Bonchev–Trinajstić information content (AvgIpc) is 2.42. The molecule has 1 unspecified atom stereocenters. The molecular weight excluding hydrogens is 263 g/mol. The minimum atomic E-state index is -0.154. The van der Waals surface area contributed by atoms with Gasteiger partial charge in [-0.2, -0.15) is 0 Å². The molecule has 0 spiro atoms. The van der Waals surface area contributed by atoms with E-state index in [4.69, 9.17) is 0 Å². The van der Waals surface area contributed by atoms with Crippen molar-refractivity contribution in [1.82, 2.24) is 10.3 Å². The number of hydrogen-bond donors (Lipinski definition) is 1. The molecule has 0 saturated heterocycles. The number of hydrogen-bond acceptors (Lipinski definition) is 2. The molecule has 21 heavy (non-hydrogen) atoms. The highest BCUT2D eigenvalue weighted by atomic mass is 19.1. The van der Waals surface area contributed by atoms with E-state index in [2.05, 4.69) is 17.2 Å². The number of rotatable bonds is 5. The molecule has 1 aromatic heterocycles. The lowest BCUT2D eigenvalue weighted by atomic mass is 9.93. The van der Waals surface area contributed by atoms with Gasteiger partial charge in [0.2, 0.25) is 0 Å². The van der Waals surface area contributed by atoms with E-state index in [-0.39, 0.29) is 11.9 Å². The number of pyridine rings is 1. The van der Waals surface area contributed by atoms with Gasteiger partial charge >= 0.3 is 0 Å². The Morgan fingerprint density at radius 3 is 2.52 bits per heavy atom. The molecule has 0 bridgehead atoms. The van der Waals surface area contributed by atoms with E-state index in [0.717, 1.165) is 40.9 Å². The average molecular weight is 286 g/mol. The van der Waals surface area contributed by atoms with Crippen molar-refractivity contribution in [3.05, 3.63) is 64.2 Å². The highest BCUT2D eigenvalue weighted by Gasteiger charge is 2.20. The maximum atomic E-state index is 14.5. The van der Waals surface area contributed by atoms with E-state index in [0.29, 0.717) is 0 Å². The topological polar surface area (TPSA) is 24.9 Å². The molecule has 0 amide bonds. The van der Waals surface area contributed by atoms with Gasteiger partial charge in [-0.3, -0.25) is 4.98 Å². The zero-order valence-corrected chi connectivity index (χ0v) is 13.2. The minimum absolute atomic E-state index is 0.151. The number of halogens is 1. The van der Waals surface area contributed by atoms with Crippen LogP contribution in [0.4, 0.5) is 4.39 Å². The van der Waals surface area contributed by atoms with E-state index in [1.807, 2.05) is 45.2 Å². The fraction of sp³-hybridized carbons (Fsp3) is 0.389. The summed E-state index contributed by atoms with van der Waals surface area (Å²) in [7, 11) is 0. The first-order valence-corrected chi connectivity index (χ1v) is 7.45. The van der Waals surface area contributed by atoms with Crippen molar-refractivity contribution in [3.8, 4) is 0 Å². The lowest BCUT2D eigenvalue weighted by molar-refractivity contribution is 0.542. The van der Waals surface area contributed by atoms with Crippen LogP contribution in [0.15, 0.2) is 30.5 Å². The van der Waals surface area contributed by atoms with Crippen molar-refractivity contribution in [2.45, 2.75) is 40.2 Å². The van der Waals surface area contributed by atoms with E-state index in [1.165, 1.54) is 0 Å². The molecule has 0 radical (unpaired) electrons. The van der Waals surface area contributed by atoms with Crippen LogP contribution in [0.3, 0.4) is 0 Å². The van der Waals surface area contributed by atoms with Crippen LogP contribution in [-0.4, -0.2) is 11.5 Å². The molecule has 2 rings (SSSR count). The second kappa shape index (κ2) is 6.81. The van der Waals surface area contributed by atoms with Gasteiger partial charge in [0.15, 0.2) is 0 Å².